The lowest BCUT2D eigenvalue weighted by Crippen LogP contribution is -2.43. The molecule has 6 nitrogen and oxygen atoms in total. The summed E-state index contributed by atoms with van der Waals surface area (Å²) in [7, 11) is 1.66. The third-order valence-corrected chi connectivity index (χ3v) is 6.00. The number of methoxy groups -OCH3 is 1. The van der Waals surface area contributed by atoms with Crippen molar-refractivity contribution in [3.63, 3.8) is 0 Å². The first kappa shape index (κ1) is 16.1. The molecular weight excluding hydrogens is 304 g/mol. The third kappa shape index (κ3) is 3.35. The Labute approximate surface area is 144 Å². The number of hydrogen-bond donors (Lipinski definition) is 0. The molecule has 2 saturated heterocycles. The van der Waals surface area contributed by atoms with E-state index in [-0.39, 0.29) is 0 Å². The zero-order valence-electron chi connectivity index (χ0n) is 14.6. The van der Waals surface area contributed by atoms with E-state index in [1.54, 1.807) is 13.4 Å². The Kier molecular flexibility index (Phi) is 4.85. The Morgan fingerprint density at radius 1 is 1.21 bits per heavy atom. The van der Waals surface area contributed by atoms with Gasteiger partial charge in [0.15, 0.2) is 0 Å². The van der Waals surface area contributed by atoms with Crippen molar-refractivity contribution in [3.8, 4) is 5.88 Å². The molecule has 6 heteroatoms. The van der Waals surface area contributed by atoms with Gasteiger partial charge in [-0.25, -0.2) is 9.97 Å². The van der Waals surface area contributed by atoms with Crippen LogP contribution in [0.25, 0.3) is 0 Å². The maximum atomic E-state index is 5.50. The summed E-state index contributed by atoms with van der Waals surface area (Å²) in [6, 6.07) is 1.97. The van der Waals surface area contributed by atoms with E-state index in [0.29, 0.717) is 5.88 Å². The first-order chi connectivity index (χ1) is 11.8. The summed E-state index contributed by atoms with van der Waals surface area (Å²) < 4.78 is 10.8. The number of fused-ring (bicyclic) bond motifs is 1. The van der Waals surface area contributed by atoms with Gasteiger partial charge in [-0.3, -0.25) is 4.90 Å². The number of rotatable bonds is 4. The summed E-state index contributed by atoms with van der Waals surface area (Å²) in [6.45, 7) is 7.48. The van der Waals surface area contributed by atoms with Crippen molar-refractivity contribution in [2.75, 3.05) is 57.9 Å². The molecule has 132 valence electrons. The van der Waals surface area contributed by atoms with E-state index in [0.717, 1.165) is 63.0 Å². The van der Waals surface area contributed by atoms with E-state index in [9.17, 15) is 0 Å². The monoisotopic (exact) mass is 332 g/mol. The zero-order chi connectivity index (χ0) is 16.4. The molecule has 1 aromatic heterocycles. The molecule has 0 N–H and O–H groups in total. The molecule has 3 atom stereocenters. The van der Waals surface area contributed by atoms with Gasteiger partial charge in [0.2, 0.25) is 5.88 Å². The lowest BCUT2D eigenvalue weighted by Gasteiger charge is -2.37. The van der Waals surface area contributed by atoms with Crippen molar-refractivity contribution in [3.05, 3.63) is 12.4 Å². The molecule has 0 radical (unpaired) electrons. The van der Waals surface area contributed by atoms with E-state index in [1.165, 1.54) is 25.8 Å². The Hall–Kier alpha value is -1.40. The Balaban J connectivity index is 1.43. The maximum absolute atomic E-state index is 5.50. The molecule has 0 amide bonds. The number of ether oxygens (including phenoxy) is 2. The average molecular weight is 332 g/mol. The molecule has 4 rings (SSSR count). The third-order valence-electron chi connectivity index (χ3n) is 6.00. The van der Waals surface area contributed by atoms with Crippen LogP contribution in [0.1, 0.15) is 19.3 Å². The summed E-state index contributed by atoms with van der Waals surface area (Å²) in [5.74, 6) is 4.09. The fourth-order valence-electron chi connectivity index (χ4n) is 4.74. The number of aromatic nitrogens is 2. The highest BCUT2D eigenvalue weighted by Crippen LogP contribution is 2.41. The van der Waals surface area contributed by atoms with Crippen LogP contribution in [0.15, 0.2) is 12.4 Å². The molecule has 1 aliphatic carbocycles. The van der Waals surface area contributed by atoms with Crippen molar-refractivity contribution in [2.24, 2.45) is 17.8 Å². The van der Waals surface area contributed by atoms with E-state index < -0.39 is 0 Å². The Morgan fingerprint density at radius 2 is 2.08 bits per heavy atom. The van der Waals surface area contributed by atoms with Gasteiger partial charge in [0.1, 0.15) is 12.1 Å². The van der Waals surface area contributed by atoms with Gasteiger partial charge in [0.05, 0.1) is 20.3 Å². The molecule has 0 bridgehead atoms. The lowest BCUT2D eigenvalue weighted by molar-refractivity contribution is 0.0195. The average Bonchev–Trinajstić information content (AvgIpc) is 3.08. The predicted molar refractivity (Wildman–Crippen MR) is 92.4 cm³/mol. The van der Waals surface area contributed by atoms with Crippen LogP contribution in [0.2, 0.25) is 0 Å². The second kappa shape index (κ2) is 7.23. The van der Waals surface area contributed by atoms with E-state index in [4.69, 9.17) is 9.47 Å². The van der Waals surface area contributed by atoms with Crippen molar-refractivity contribution in [1.29, 1.82) is 0 Å². The smallest absolute Gasteiger partial charge is 0.218 e. The Bertz CT molecular complexity index is 550. The molecule has 24 heavy (non-hydrogen) atoms. The standard InChI is InChI=1S/C18H28N4O2/c1-23-18-9-17(19-13-20-18)22-11-15-4-2-3-14(16(15)12-22)10-21-5-7-24-8-6-21/h9,13-16H,2-8,10-12H2,1H3/t14-,15+,16+/m1/s1. The maximum Gasteiger partial charge on any atom is 0.218 e. The number of hydrogen-bond acceptors (Lipinski definition) is 6. The van der Waals surface area contributed by atoms with Crippen LogP contribution in [0.5, 0.6) is 5.88 Å². The van der Waals surface area contributed by atoms with Crippen LogP contribution in [-0.2, 0) is 4.74 Å². The number of anilines is 1. The molecule has 2 aliphatic heterocycles. The fraction of sp³-hybridized carbons (Fsp3) is 0.778. The summed E-state index contributed by atoms with van der Waals surface area (Å²) in [5.41, 5.74) is 0. The van der Waals surface area contributed by atoms with Crippen molar-refractivity contribution in [1.82, 2.24) is 14.9 Å². The van der Waals surface area contributed by atoms with Crippen LogP contribution < -0.4 is 9.64 Å². The van der Waals surface area contributed by atoms with Crippen molar-refractivity contribution < 1.29 is 9.47 Å². The predicted octanol–water partition coefficient (Wildman–Crippen LogP) is 1.67. The van der Waals surface area contributed by atoms with Gasteiger partial charge in [0.25, 0.3) is 0 Å². The van der Waals surface area contributed by atoms with E-state index >= 15 is 0 Å². The highest BCUT2D eigenvalue weighted by Gasteiger charge is 2.41. The molecular formula is C18H28N4O2. The summed E-state index contributed by atoms with van der Waals surface area (Å²) in [6.07, 6.45) is 5.72. The Morgan fingerprint density at radius 3 is 2.92 bits per heavy atom. The summed E-state index contributed by atoms with van der Waals surface area (Å²) in [5, 5.41) is 0. The molecule has 3 heterocycles. The topological polar surface area (TPSA) is 50.7 Å². The molecule has 0 spiro atoms. The van der Waals surface area contributed by atoms with Gasteiger partial charge in [-0.15, -0.1) is 0 Å². The fourth-order valence-corrected chi connectivity index (χ4v) is 4.74. The van der Waals surface area contributed by atoms with E-state index in [2.05, 4.69) is 19.8 Å². The first-order valence-electron chi connectivity index (χ1n) is 9.24. The highest BCUT2D eigenvalue weighted by atomic mass is 16.5. The van der Waals surface area contributed by atoms with Gasteiger partial charge in [-0.05, 0) is 30.6 Å². The van der Waals surface area contributed by atoms with Gasteiger partial charge in [-0.2, -0.15) is 0 Å². The van der Waals surface area contributed by atoms with Crippen LogP contribution in [0.4, 0.5) is 5.82 Å². The second-order valence-electron chi connectivity index (χ2n) is 7.35. The number of nitrogens with zero attached hydrogens (tertiary/aromatic N) is 4. The van der Waals surface area contributed by atoms with Crippen LogP contribution in [-0.4, -0.2) is 67.9 Å². The van der Waals surface area contributed by atoms with E-state index in [1.807, 2.05) is 6.07 Å². The summed E-state index contributed by atoms with van der Waals surface area (Å²) >= 11 is 0. The molecule has 3 aliphatic rings. The van der Waals surface area contributed by atoms with Gasteiger partial charge < -0.3 is 14.4 Å². The van der Waals surface area contributed by atoms with Crippen LogP contribution in [0, 0.1) is 17.8 Å². The van der Waals surface area contributed by atoms with Crippen LogP contribution >= 0.6 is 0 Å². The minimum atomic E-state index is 0.653. The van der Waals surface area contributed by atoms with Gasteiger partial charge in [-0.1, -0.05) is 6.42 Å². The number of morpholine rings is 1. The molecule has 3 fully saturated rings. The molecule has 1 aromatic rings. The normalized spacial score (nSPS) is 31.0. The molecule has 0 aromatic carbocycles. The zero-order valence-corrected chi connectivity index (χ0v) is 14.6. The molecule has 0 unspecified atom stereocenters. The van der Waals surface area contributed by atoms with Gasteiger partial charge in [0, 0.05) is 38.8 Å². The summed E-state index contributed by atoms with van der Waals surface area (Å²) in [4.78, 5) is 13.7. The largest absolute Gasteiger partial charge is 0.481 e. The second-order valence-corrected chi connectivity index (χ2v) is 7.35. The SMILES string of the molecule is COc1cc(N2C[C@@H]3CCC[C@H](CN4CCOCC4)[C@@H]3C2)ncn1. The van der Waals surface area contributed by atoms with Gasteiger partial charge >= 0.3 is 0 Å². The first-order valence-corrected chi connectivity index (χ1v) is 9.24. The quantitative estimate of drug-likeness (QED) is 0.836. The van der Waals surface area contributed by atoms with Crippen molar-refractivity contribution in [2.45, 2.75) is 19.3 Å². The minimum absolute atomic E-state index is 0.653. The molecule has 1 saturated carbocycles. The van der Waals surface area contributed by atoms with Crippen molar-refractivity contribution >= 4 is 5.82 Å². The highest BCUT2D eigenvalue weighted by molar-refractivity contribution is 5.42. The minimum Gasteiger partial charge on any atom is -0.481 e. The lowest BCUT2D eigenvalue weighted by atomic mass is 9.73. The van der Waals surface area contributed by atoms with Crippen LogP contribution in [0.3, 0.4) is 0 Å².